The lowest BCUT2D eigenvalue weighted by Crippen LogP contribution is -2.65. The van der Waals surface area contributed by atoms with Crippen LogP contribution in [0.1, 0.15) is 20.3 Å². The molecule has 1 heterocycles. The Kier molecular flexibility index (Phi) is 4.34. The maximum atomic E-state index is 12.0. The van der Waals surface area contributed by atoms with Crippen LogP contribution in [0.3, 0.4) is 0 Å². The number of barbiturate groups is 1. The summed E-state index contributed by atoms with van der Waals surface area (Å²) in [7, 11) is 0. The minimum atomic E-state index is -1.24. The fourth-order valence-electron chi connectivity index (χ4n) is 1.90. The van der Waals surface area contributed by atoms with Crippen LogP contribution >= 0.6 is 11.8 Å². The van der Waals surface area contributed by atoms with E-state index in [2.05, 4.69) is 17.2 Å². The molecule has 0 spiro atoms. The molecule has 4 amide bonds. The quantitative estimate of drug-likeness (QED) is 0.569. The van der Waals surface area contributed by atoms with E-state index >= 15 is 0 Å². The van der Waals surface area contributed by atoms with Crippen LogP contribution in [-0.2, 0) is 9.59 Å². The van der Waals surface area contributed by atoms with E-state index in [1.165, 1.54) is 17.8 Å². The zero-order chi connectivity index (χ0) is 13.1. The molecule has 0 aliphatic carbocycles. The van der Waals surface area contributed by atoms with E-state index in [0.29, 0.717) is 0 Å². The molecule has 1 unspecified atom stereocenters. The molecular weight excluding hydrogens is 240 g/mol. The van der Waals surface area contributed by atoms with Crippen molar-refractivity contribution in [3.63, 3.8) is 0 Å². The average molecular weight is 256 g/mol. The second kappa shape index (κ2) is 5.35. The van der Waals surface area contributed by atoms with Crippen LogP contribution in [-0.4, -0.2) is 28.8 Å². The first-order valence-corrected chi connectivity index (χ1v) is 6.43. The van der Waals surface area contributed by atoms with Crippen LogP contribution in [0.2, 0.25) is 0 Å². The molecule has 1 saturated heterocycles. The van der Waals surface area contributed by atoms with Crippen molar-refractivity contribution in [3.8, 4) is 0 Å². The molecule has 1 fully saturated rings. The highest BCUT2D eigenvalue weighted by Crippen LogP contribution is 2.37. The molecule has 1 aliphatic rings. The van der Waals surface area contributed by atoms with Crippen LogP contribution in [0.25, 0.3) is 0 Å². The molecule has 0 aromatic carbocycles. The zero-order valence-corrected chi connectivity index (χ0v) is 10.7. The predicted molar refractivity (Wildman–Crippen MR) is 66.5 cm³/mol. The van der Waals surface area contributed by atoms with Gasteiger partial charge in [-0.25, -0.2) is 4.79 Å². The molecule has 1 rings (SSSR count). The highest BCUT2D eigenvalue weighted by Gasteiger charge is 2.53. The molecule has 94 valence electrons. The highest BCUT2D eigenvalue weighted by molar-refractivity contribution is 7.99. The number of nitrogens with one attached hydrogen (secondary N) is 2. The van der Waals surface area contributed by atoms with Gasteiger partial charge in [0.1, 0.15) is 5.41 Å². The lowest BCUT2D eigenvalue weighted by molar-refractivity contribution is -0.143. The predicted octanol–water partition coefficient (Wildman–Crippen LogP) is 1.06. The summed E-state index contributed by atoms with van der Waals surface area (Å²) in [5.74, 6) is -0.298. The Bertz CT molecular complexity index is 348. The first-order chi connectivity index (χ1) is 7.98. The topological polar surface area (TPSA) is 75.3 Å². The first-order valence-electron chi connectivity index (χ1n) is 5.38. The van der Waals surface area contributed by atoms with Crippen molar-refractivity contribution in [3.05, 3.63) is 12.7 Å². The number of carbonyl (C=O) groups excluding carboxylic acids is 3. The van der Waals surface area contributed by atoms with Gasteiger partial charge < -0.3 is 0 Å². The minimum Gasteiger partial charge on any atom is -0.277 e. The van der Waals surface area contributed by atoms with Crippen LogP contribution in [0.5, 0.6) is 0 Å². The molecule has 6 heteroatoms. The number of urea groups is 1. The zero-order valence-electron chi connectivity index (χ0n) is 9.91. The minimum absolute atomic E-state index is 0.214. The van der Waals surface area contributed by atoms with Crippen molar-refractivity contribution in [2.45, 2.75) is 25.5 Å². The van der Waals surface area contributed by atoms with E-state index in [9.17, 15) is 14.4 Å². The van der Waals surface area contributed by atoms with Gasteiger partial charge in [-0.2, -0.15) is 11.8 Å². The van der Waals surface area contributed by atoms with E-state index < -0.39 is 23.3 Å². The normalized spacial score (nSPS) is 20.5. The summed E-state index contributed by atoms with van der Waals surface area (Å²) in [4.78, 5) is 35.0. The Balaban J connectivity index is 3.11. The van der Waals surface area contributed by atoms with Crippen LogP contribution in [0.4, 0.5) is 4.79 Å². The summed E-state index contributed by atoms with van der Waals surface area (Å²) in [5.41, 5.74) is -1.24. The summed E-state index contributed by atoms with van der Waals surface area (Å²) in [6, 6.07) is -0.756. The third-order valence-corrected chi connectivity index (χ3v) is 4.08. The summed E-state index contributed by atoms with van der Waals surface area (Å²) in [6.45, 7) is 7.34. The molecule has 0 saturated carbocycles. The maximum Gasteiger partial charge on any atom is 0.328 e. The largest absolute Gasteiger partial charge is 0.328 e. The Morgan fingerprint density at radius 2 is 1.88 bits per heavy atom. The number of thioether (sulfide) groups is 1. The number of imide groups is 2. The third kappa shape index (κ3) is 2.36. The van der Waals surface area contributed by atoms with Gasteiger partial charge in [0.05, 0.1) is 0 Å². The molecule has 0 aromatic heterocycles. The number of hydrogen-bond donors (Lipinski definition) is 2. The number of amides is 4. The van der Waals surface area contributed by atoms with Crippen LogP contribution in [0, 0.1) is 5.41 Å². The van der Waals surface area contributed by atoms with Crippen molar-refractivity contribution in [2.75, 3.05) is 5.75 Å². The van der Waals surface area contributed by atoms with Crippen molar-refractivity contribution in [2.24, 2.45) is 5.41 Å². The molecule has 2 N–H and O–H groups in total. The summed E-state index contributed by atoms with van der Waals surface area (Å²) in [5, 5.41) is 4.08. The summed E-state index contributed by atoms with van der Waals surface area (Å²) in [6.07, 6.45) is 1.74. The number of allylic oxidation sites excluding steroid dienone is 1. The van der Waals surface area contributed by atoms with E-state index in [-0.39, 0.29) is 11.7 Å². The van der Waals surface area contributed by atoms with Gasteiger partial charge in [0.25, 0.3) is 0 Å². The van der Waals surface area contributed by atoms with Gasteiger partial charge in [0.15, 0.2) is 0 Å². The number of hydrogen-bond acceptors (Lipinski definition) is 4. The molecule has 1 atom stereocenters. The van der Waals surface area contributed by atoms with Gasteiger partial charge in [0.2, 0.25) is 11.8 Å². The Labute approximate surface area is 104 Å². The van der Waals surface area contributed by atoms with Gasteiger partial charge in [-0.05, 0) is 12.2 Å². The molecular formula is C11H16N2O3S. The van der Waals surface area contributed by atoms with Gasteiger partial charge in [-0.3, -0.25) is 20.2 Å². The van der Waals surface area contributed by atoms with E-state index in [1.54, 1.807) is 0 Å². The second-order valence-corrected chi connectivity index (χ2v) is 5.42. The maximum absolute atomic E-state index is 12.0. The highest BCUT2D eigenvalue weighted by atomic mass is 32.2. The Morgan fingerprint density at radius 1 is 1.35 bits per heavy atom. The lowest BCUT2D eigenvalue weighted by atomic mass is 9.78. The first kappa shape index (κ1) is 13.8. The second-order valence-electron chi connectivity index (χ2n) is 3.80. The monoisotopic (exact) mass is 256 g/mol. The summed E-state index contributed by atoms with van der Waals surface area (Å²) >= 11 is 1.50. The average Bonchev–Trinajstić information content (AvgIpc) is 2.23. The Hall–Kier alpha value is -1.30. The SMILES string of the molecule is C=CCC1(C(C)SCC)C(=O)NC(=O)NC1=O. The fraction of sp³-hybridized carbons (Fsp3) is 0.545. The molecule has 0 aromatic rings. The molecule has 17 heavy (non-hydrogen) atoms. The lowest BCUT2D eigenvalue weighted by Gasteiger charge is -2.37. The van der Waals surface area contributed by atoms with Gasteiger partial charge in [-0.1, -0.05) is 19.9 Å². The van der Waals surface area contributed by atoms with Crippen molar-refractivity contribution >= 4 is 29.6 Å². The Morgan fingerprint density at radius 3 is 2.29 bits per heavy atom. The van der Waals surface area contributed by atoms with Crippen molar-refractivity contribution in [1.29, 1.82) is 0 Å². The van der Waals surface area contributed by atoms with Crippen molar-refractivity contribution < 1.29 is 14.4 Å². The van der Waals surface area contributed by atoms with E-state index in [4.69, 9.17) is 0 Å². The number of rotatable bonds is 5. The molecule has 0 bridgehead atoms. The van der Waals surface area contributed by atoms with Crippen LogP contribution in [0.15, 0.2) is 12.7 Å². The standard InChI is InChI=1S/C11H16N2O3S/c1-4-6-11(7(3)17-5-2)8(14)12-10(16)13-9(11)15/h4,7H,1,5-6H2,2-3H3,(H2,12,13,14,15,16). The fourth-order valence-corrected chi connectivity index (χ4v) is 3.00. The molecule has 1 aliphatic heterocycles. The number of carbonyl (C=O) groups is 3. The van der Waals surface area contributed by atoms with Gasteiger partial charge in [0, 0.05) is 5.25 Å². The van der Waals surface area contributed by atoms with Gasteiger partial charge in [-0.15, -0.1) is 6.58 Å². The molecule has 5 nitrogen and oxygen atoms in total. The van der Waals surface area contributed by atoms with Crippen LogP contribution < -0.4 is 10.6 Å². The van der Waals surface area contributed by atoms with Gasteiger partial charge >= 0.3 is 6.03 Å². The summed E-state index contributed by atoms with van der Waals surface area (Å²) < 4.78 is 0. The van der Waals surface area contributed by atoms with E-state index in [0.717, 1.165) is 5.75 Å². The smallest absolute Gasteiger partial charge is 0.277 e. The third-order valence-electron chi connectivity index (χ3n) is 2.84. The van der Waals surface area contributed by atoms with E-state index in [1.807, 2.05) is 13.8 Å². The van der Waals surface area contributed by atoms with Crippen molar-refractivity contribution in [1.82, 2.24) is 10.6 Å². The molecule has 0 radical (unpaired) electrons.